The third kappa shape index (κ3) is 1.71. The van der Waals surface area contributed by atoms with Gasteiger partial charge in [0.25, 0.3) is 5.91 Å². The van der Waals surface area contributed by atoms with Crippen molar-refractivity contribution in [3.05, 3.63) is 23.5 Å². The summed E-state index contributed by atoms with van der Waals surface area (Å²) in [5.41, 5.74) is 1.86. The molecule has 1 aliphatic carbocycles. The summed E-state index contributed by atoms with van der Waals surface area (Å²) < 4.78 is 0. The maximum Gasteiger partial charge on any atom is 0.256 e. The van der Waals surface area contributed by atoms with Crippen molar-refractivity contribution in [1.29, 1.82) is 0 Å². The van der Waals surface area contributed by atoms with Gasteiger partial charge in [0.15, 0.2) is 0 Å². The molecule has 0 unspecified atom stereocenters. The molecule has 96 valence electrons. The second-order valence-corrected chi connectivity index (χ2v) is 5.87. The SMILES string of the molecule is Cc1nnccc1C(=O)N1CC2(CCC2)C[C@@H]1C. The van der Waals surface area contributed by atoms with E-state index in [0.29, 0.717) is 17.0 Å². The predicted molar refractivity (Wildman–Crippen MR) is 68.2 cm³/mol. The van der Waals surface area contributed by atoms with Crippen molar-refractivity contribution in [2.75, 3.05) is 6.54 Å². The summed E-state index contributed by atoms with van der Waals surface area (Å²) in [6.07, 6.45) is 6.66. The Morgan fingerprint density at radius 1 is 1.50 bits per heavy atom. The van der Waals surface area contributed by atoms with Crippen LogP contribution in [0, 0.1) is 12.3 Å². The Hall–Kier alpha value is -1.45. The number of likely N-dealkylation sites (tertiary alicyclic amines) is 1. The first kappa shape index (κ1) is 11.6. The van der Waals surface area contributed by atoms with Crippen LogP contribution in [-0.4, -0.2) is 33.6 Å². The molecule has 0 radical (unpaired) electrons. The molecule has 1 atom stereocenters. The molecule has 4 nitrogen and oxygen atoms in total. The fourth-order valence-corrected chi connectivity index (χ4v) is 3.41. The van der Waals surface area contributed by atoms with Crippen LogP contribution in [0.3, 0.4) is 0 Å². The van der Waals surface area contributed by atoms with Crippen LogP contribution in [0.5, 0.6) is 0 Å². The summed E-state index contributed by atoms with van der Waals surface area (Å²) in [5.74, 6) is 0.124. The lowest BCUT2D eigenvalue weighted by Crippen LogP contribution is -2.37. The van der Waals surface area contributed by atoms with E-state index in [-0.39, 0.29) is 5.91 Å². The molecule has 18 heavy (non-hydrogen) atoms. The first-order chi connectivity index (χ1) is 8.61. The molecule has 2 aliphatic rings. The van der Waals surface area contributed by atoms with E-state index in [2.05, 4.69) is 17.1 Å². The zero-order valence-corrected chi connectivity index (χ0v) is 11.0. The number of carbonyl (C=O) groups is 1. The minimum atomic E-state index is 0.124. The number of hydrogen-bond donors (Lipinski definition) is 0. The highest BCUT2D eigenvalue weighted by molar-refractivity contribution is 5.95. The lowest BCUT2D eigenvalue weighted by molar-refractivity contribution is 0.0699. The Morgan fingerprint density at radius 2 is 2.28 bits per heavy atom. The molecule has 0 N–H and O–H groups in total. The van der Waals surface area contributed by atoms with Gasteiger partial charge in [-0.1, -0.05) is 6.42 Å². The van der Waals surface area contributed by atoms with Gasteiger partial charge in [0.2, 0.25) is 0 Å². The van der Waals surface area contributed by atoms with E-state index in [4.69, 9.17) is 0 Å². The average Bonchev–Trinajstić information content (AvgIpc) is 2.67. The molecule has 1 amide bonds. The molecular weight excluding hydrogens is 226 g/mol. The lowest BCUT2D eigenvalue weighted by atomic mass is 9.68. The minimum absolute atomic E-state index is 0.124. The third-order valence-electron chi connectivity index (χ3n) is 4.58. The Balaban J connectivity index is 1.83. The first-order valence-corrected chi connectivity index (χ1v) is 6.71. The summed E-state index contributed by atoms with van der Waals surface area (Å²) in [4.78, 5) is 14.6. The van der Waals surface area contributed by atoms with E-state index in [9.17, 15) is 4.79 Å². The van der Waals surface area contributed by atoms with Crippen molar-refractivity contribution in [2.24, 2.45) is 5.41 Å². The zero-order valence-electron chi connectivity index (χ0n) is 11.0. The smallest absolute Gasteiger partial charge is 0.256 e. The van der Waals surface area contributed by atoms with Crippen LogP contribution in [0.1, 0.15) is 48.7 Å². The highest BCUT2D eigenvalue weighted by atomic mass is 16.2. The summed E-state index contributed by atoms with van der Waals surface area (Å²) in [6, 6.07) is 2.13. The van der Waals surface area contributed by atoms with Gasteiger partial charge in [0.1, 0.15) is 0 Å². The largest absolute Gasteiger partial charge is 0.335 e. The fraction of sp³-hybridized carbons (Fsp3) is 0.643. The molecule has 2 fully saturated rings. The maximum absolute atomic E-state index is 12.6. The molecule has 4 heteroatoms. The van der Waals surface area contributed by atoms with Crippen molar-refractivity contribution in [1.82, 2.24) is 15.1 Å². The molecule has 1 aromatic heterocycles. The van der Waals surface area contributed by atoms with Crippen LogP contribution < -0.4 is 0 Å². The topological polar surface area (TPSA) is 46.1 Å². The van der Waals surface area contributed by atoms with Crippen molar-refractivity contribution >= 4 is 5.91 Å². The van der Waals surface area contributed by atoms with Gasteiger partial charge in [0.05, 0.1) is 17.5 Å². The van der Waals surface area contributed by atoms with Crippen LogP contribution in [0.2, 0.25) is 0 Å². The second kappa shape index (κ2) is 4.04. The number of aromatic nitrogens is 2. The number of nitrogens with zero attached hydrogens (tertiary/aromatic N) is 3. The van der Waals surface area contributed by atoms with E-state index in [0.717, 1.165) is 18.7 Å². The van der Waals surface area contributed by atoms with E-state index in [1.54, 1.807) is 12.3 Å². The van der Waals surface area contributed by atoms with Gasteiger partial charge in [-0.15, -0.1) is 0 Å². The second-order valence-electron chi connectivity index (χ2n) is 5.87. The Bertz CT molecular complexity index is 482. The van der Waals surface area contributed by atoms with Gasteiger partial charge in [-0.05, 0) is 44.6 Å². The van der Waals surface area contributed by atoms with Crippen LogP contribution in [-0.2, 0) is 0 Å². The molecule has 1 saturated carbocycles. The normalized spacial score (nSPS) is 25.2. The summed E-state index contributed by atoms with van der Waals surface area (Å²) in [6.45, 7) is 4.93. The molecule has 2 heterocycles. The number of carbonyl (C=O) groups excluding carboxylic acids is 1. The van der Waals surface area contributed by atoms with Gasteiger partial charge in [-0.25, -0.2) is 0 Å². The minimum Gasteiger partial charge on any atom is -0.335 e. The van der Waals surface area contributed by atoms with Gasteiger partial charge in [-0.2, -0.15) is 10.2 Å². The Labute approximate surface area is 107 Å². The average molecular weight is 245 g/mol. The molecule has 0 bridgehead atoms. The maximum atomic E-state index is 12.6. The molecular formula is C14H19N3O. The van der Waals surface area contributed by atoms with Crippen molar-refractivity contribution in [3.63, 3.8) is 0 Å². The molecule has 1 aliphatic heterocycles. The quantitative estimate of drug-likeness (QED) is 0.762. The number of amides is 1. The van der Waals surface area contributed by atoms with Crippen molar-refractivity contribution in [3.8, 4) is 0 Å². The van der Waals surface area contributed by atoms with Crippen molar-refractivity contribution in [2.45, 2.75) is 45.6 Å². The van der Waals surface area contributed by atoms with E-state index in [1.807, 2.05) is 11.8 Å². The fourth-order valence-electron chi connectivity index (χ4n) is 3.41. The molecule has 1 spiro atoms. The highest BCUT2D eigenvalue weighted by Gasteiger charge is 2.47. The van der Waals surface area contributed by atoms with E-state index < -0.39 is 0 Å². The standard InChI is InChI=1S/C14H19N3O/c1-10-8-14(5-3-6-14)9-17(10)13(18)12-4-7-15-16-11(12)2/h4,7,10H,3,5-6,8-9H2,1-2H3/t10-/m0/s1. The van der Waals surface area contributed by atoms with Crippen molar-refractivity contribution < 1.29 is 4.79 Å². The molecule has 1 saturated heterocycles. The Morgan fingerprint density at radius 3 is 2.83 bits per heavy atom. The zero-order chi connectivity index (χ0) is 12.8. The van der Waals surface area contributed by atoms with Crippen LogP contribution >= 0.6 is 0 Å². The lowest BCUT2D eigenvalue weighted by Gasteiger charge is -2.37. The van der Waals surface area contributed by atoms with E-state index in [1.165, 1.54) is 19.3 Å². The number of aryl methyl sites for hydroxylation is 1. The molecule has 1 aromatic rings. The third-order valence-corrected chi connectivity index (χ3v) is 4.58. The first-order valence-electron chi connectivity index (χ1n) is 6.71. The number of rotatable bonds is 1. The van der Waals surface area contributed by atoms with Crippen LogP contribution in [0.25, 0.3) is 0 Å². The molecule has 3 rings (SSSR count). The summed E-state index contributed by atoms with van der Waals surface area (Å²) >= 11 is 0. The Kier molecular flexibility index (Phi) is 2.61. The van der Waals surface area contributed by atoms with Crippen LogP contribution in [0.4, 0.5) is 0 Å². The summed E-state index contributed by atoms with van der Waals surface area (Å²) in [5, 5.41) is 7.78. The molecule has 0 aromatic carbocycles. The van der Waals surface area contributed by atoms with Gasteiger partial charge in [0, 0.05) is 12.6 Å². The number of hydrogen-bond acceptors (Lipinski definition) is 3. The highest BCUT2D eigenvalue weighted by Crippen LogP contribution is 2.50. The van der Waals surface area contributed by atoms with E-state index >= 15 is 0 Å². The predicted octanol–water partition coefficient (Wildman–Crippen LogP) is 2.19. The van der Waals surface area contributed by atoms with Crippen LogP contribution in [0.15, 0.2) is 12.3 Å². The van der Waals surface area contributed by atoms with Gasteiger partial charge >= 0.3 is 0 Å². The van der Waals surface area contributed by atoms with Gasteiger partial charge in [-0.3, -0.25) is 4.79 Å². The summed E-state index contributed by atoms with van der Waals surface area (Å²) in [7, 11) is 0. The monoisotopic (exact) mass is 245 g/mol. The van der Waals surface area contributed by atoms with Gasteiger partial charge < -0.3 is 4.90 Å².